The third-order valence-corrected chi connectivity index (χ3v) is 6.62. The van der Waals surface area contributed by atoms with Gasteiger partial charge >= 0.3 is 0 Å². The second kappa shape index (κ2) is 8.09. The van der Waals surface area contributed by atoms with Gasteiger partial charge in [-0.05, 0) is 92.1 Å². The van der Waals surface area contributed by atoms with E-state index in [2.05, 4.69) is 56.4 Å². The Balaban J connectivity index is 1.31. The molecule has 0 aliphatic carbocycles. The number of aromatic nitrogens is 1. The molecular weight excluding hydrogens is 416 g/mol. The fraction of sp³-hybridized carbons (Fsp3) is 0.111. The Morgan fingerprint density at radius 3 is 2.41 bits per heavy atom. The Morgan fingerprint density at radius 2 is 1.62 bits per heavy atom. The zero-order valence-corrected chi connectivity index (χ0v) is 18.9. The largest absolute Gasteiger partial charge is 0.451 e. The zero-order valence-electron chi connectivity index (χ0n) is 18.1. The highest BCUT2D eigenvalue weighted by Gasteiger charge is 2.14. The summed E-state index contributed by atoms with van der Waals surface area (Å²) in [7, 11) is 0. The van der Waals surface area contributed by atoms with Gasteiger partial charge < -0.3 is 9.73 Å². The predicted molar refractivity (Wildman–Crippen MR) is 131 cm³/mol. The smallest absolute Gasteiger partial charge is 0.291 e. The summed E-state index contributed by atoms with van der Waals surface area (Å²) in [5.41, 5.74) is 7.34. The van der Waals surface area contributed by atoms with Crippen molar-refractivity contribution in [1.29, 1.82) is 0 Å². The van der Waals surface area contributed by atoms with E-state index in [0.717, 1.165) is 21.7 Å². The van der Waals surface area contributed by atoms with Crippen molar-refractivity contribution in [2.75, 3.05) is 5.32 Å². The maximum Gasteiger partial charge on any atom is 0.291 e. The SMILES string of the molecule is Cc1ccc2nc(-c3ccc(NC(=O)c4ccc(-c5ccc(C)c(C)c5)o4)cc3)sc2c1. The van der Waals surface area contributed by atoms with Crippen LogP contribution in [0.5, 0.6) is 0 Å². The lowest BCUT2D eigenvalue weighted by molar-refractivity contribution is 0.0997. The molecule has 0 unspecified atom stereocenters. The number of fused-ring (bicyclic) bond motifs is 1. The summed E-state index contributed by atoms with van der Waals surface area (Å²) in [5.74, 6) is 0.687. The maximum atomic E-state index is 12.7. The summed E-state index contributed by atoms with van der Waals surface area (Å²) in [5, 5.41) is 3.87. The molecule has 0 saturated carbocycles. The number of thiazole rings is 1. The summed E-state index contributed by atoms with van der Waals surface area (Å²) >= 11 is 1.67. The number of rotatable bonds is 4. The molecule has 0 radical (unpaired) electrons. The van der Waals surface area contributed by atoms with E-state index in [4.69, 9.17) is 9.40 Å². The number of amides is 1. The number of benzene rings is 3. The first-order valence-corrected chi connectivity index (χ1v) is 11.2. The Kier molecular flexibility index (Phi) is 5.11. The highest BCUT2D eigenvalue weighted by Crippen LogP contribution is 2.31. The molecule has 1 N–H and O–H groups in total. The highest BCUT2D eigenvalue weighted by atomic mass is 32.1. The van der Waals surface area contributed by atoms with E-state index in [-0.39, 0.29) is 11.7 Å². The van der Waals surface area contributed by atoms with Crippen LogP contribution in [0.1, 0.15) is 27.2 Å². The second-order valence-electron chi connectivity index (χ2n) is 7.98. The highest BCUT2D eigenvalue weighted by molar-refractivity contribution is 7.21. The van der Waals surface area contributed by atoms with Gasteiger partial charge in [0.2, 0.25) is 0 Å². The molecule has 158 valence electrons. The molecule has 5 heteroatoms. The molecule has 0 fully saturated rings. The van der Waals surface area contributed by atoms with Crippen molar-refractivity contribution in [2.24, 2.45) is 0 Å². The van der Waals surface area contributed by atoms with Gasteiger partial charge in [-0.3, -0.25) is 4.79 Å². The van der Waals surface area contributed by atoms with Crippen LogP contribution in [0.15, 0.2) is 77.2 Å². The quantitative estimate of drug-likeness (QED) is 0.318. The van der Waals surface area contributed by atoms with Gasteiger partial charge in [-0.2, -0.15) is 0 Å². The van der Waals surface area contributed by atoms with Gasteiger partial charge in [-0.15, -0.1) is 11.3 Å². The molecule has 2 heterocycles. The molecule has 0 aliphatic heterocycles. The van der Waals surface area contributed by atoms with Gasteiger partial charge in [-0.25, -0.2) is 4.98 Å². The molecule has 3 aromatic carbocycles. The van der Waals surface area contributed by atoms with Gasteiger partial charge in [0.15, 0.2) is 5.76 Å². The first-order valence-electron chi connectivity index (χ1n) is 10.4. The molecule has 32 heavy (non-hydrogen) atoms. The molecule has 5 rings (SSSR count). The number of furan rings is 1. The average molecular weight is 439 g/mol. The first-order chi connectivity index (χ1) is 15.5. The van der Waals surface area contributed by atoms with Gasteiger partial charge in [-0.1, -0.05) is 18.2 Å². The molecule has 0 atom stereocenters. The second-order valence-corrected chi connectivity index (χ2v) is 9.02. The van der Waals surface area contributed by atoms with E-state index in [9.17, 15) is 4.79 Å². The average Bonchev–Trinajstić information content (AvgIpc) is 3.43. The minimum absolute atomic E-state index is 0.275. The van der Waals surface area contributed by atoms with Gasteiger partial charge in [0.05, 0.1) is 10.2 Å². The van der Waals surface area contributed by atoms with E-state index in [1.165, 1.54) is 21.4 Å². The molecule has 1 amide bonds. The van der Waals surface area contributed by atoms with Crippen LogP contribution in [0.2, 0.25) is 0 Å². The Hall–Kier alpha value is -3.70. The number of hydrogen-bond acceptors (Lipinski definition) is 4. The van der Waals surface area contributed by atoms with Crippen LogP contribution in [0.25, 0.3) is 32.1 Å². The van der Waals surface area contributed by atoms with Crippen molar-refractivity contribution in [3.8, 4) is 21.9 Å². The third-order valence-electron chi connectivity index (χ3n) is 5.55. The minimum atomic E-state index is -0.275. The number of nitrogens with zero attached hydrogens (tertiary/aromatic N) is 1. The van der Waals surface area contributed by atoms with Crippen LogP contribution in [0, 0.1) is 20.8 Å². The molecule has 4 nitrogen and oxygen atoms in total. The van der Waals surface area contributed by atoms with Crippen LogP contribution in [0.3, 0.4) is 0 Å². The Morgan fingerprint density at radius 1 is 0.844 bits per heavy atom. The standard InChI is InChI=1S/C27H22N2O2S/c1-16-4-11-22-25(14-16)32-27(29-22)19-7-9-21(10-8-19)28-26(30)24-13-12-23(31-24)20-6-5-17(2)18(3)15-20/h4-15H,1-3H3,(H,28,30). The first kappa shape index (κ1) is 20.2. The Bertz CT molecular complexity index is 1440. The minimum Gasteiger partial charge on any atom is -0.451 e. The fourth-order valence-electron chi connectivity index (χ4n) is 3.55. The van der Waals surface area contributed by atoms with Crippen LogP contribution in [0.4, 0.5) is 5.69 Å². The van der Waals surface area contributed by atoms with Crippen molar-refractivity contribution < 1.29 is 9.21 Å². The lowest BCUT2D eigenvalue weighted by Crippen LogP contribution is -2.10. The Labute approximate surface area is 190 Å². The van der Waals surface area contributed by atoms with Crippen LogP contribution < -0.4 is 5.32 Å². The summed E-state index contributed by atoms with van der Waals surface area (Å²) in [6.07, 6.45) is 0. The lowest BCUT2D eigenvalue weighted by atomic mass is 10.1. The number of anilines is 1. The van der Waals surface area contributed by atoms with E-state index < -0.39 is 0 Å². The molecule has 5 aromatic rings. The van der Waals surface area contributed by atoms with Crippen molar-refractivity contribution >= 4 is 33.1 Å². The number of carbonyl (C=O) groups excluding carboxylic acids is 1. The van der Waals surface area contributed by atoms with Crippen molar-refractivity contribution in [1.82, 2.24) is 4.98 Å². The summed E-state index contributed by atoms with van der Waals surface area (Å²) in [6.45, 7) is 6.22. The number of nitrogens with one attached hydrogen (secondary N) is 1. The van der Waals surface area contributed by atoms with Crippen molar-refractivity contribution in [2.45, 2.75) is 20.8 Å². The summed E-state index contributed by atoms with van der Waals surface area (Å²) in [4.78, 5) is 17.4. The predicted octanol–water partition coefficient (Wildman–Crippen LogP) is 7.40. The molecule has 0 bridgehead atoms. The zero-order chi connectivity index (χ0) is 22.2. The molecular formula is C27H22N2O2S. The maximum absolute atomic E-state index is 12.7. The summed E-state index contributed by atoms with van der Waals surface area (Å²) in [6, 6.07) is 23.7. The van der Waals surface area contributed by atoms with E-state index in [1.807, 2.05) is 36.4 Å². The number of carbonyl (C=O) groups is 1. The molecule has 0 aliphatic rings. The number of hydrogen-bond donors (Lipinski definition) is 1. The van der Waals surface area contributed by atoms with E-state index >= 15 is 0 Å². The summed E-state index contributed by atoms with van der Waals surface area (Å²) < 4.78 is 6.99. The molecule has 2 aromatic heterocycles. The fourth-order valence-corrected chi connectivity index (χ4v) is 4.62. The third kappa shape index (κ3) is 3.95. The van der Waals surface area contributed by atoms with Crippen LogP contribution in [-0.4, -0.2) is 10.9 Å². The normalized spacial score (nSPS) is 11.1. The molecule has 0 spiro atoms. The molecule has 0 saturated heterocycles. The van der Waals surface area contributed by atoms with Crippen molar-refractivity contribution in [3.63, 3.8) is 0 Å². The van der Waals surface area contributed by atoms with Gasteiger partial charge in [0.25, 0.3) is 5.91 Å². The topological polar surface area (TPSA) is 55.1 Å². The van der Waals surface area contributed by atoms with Crippen molar-refractivity contribution in [3.05, 3.63) is 95.2 Å². The van der Waals surface area contributed by atoms with Crippen LogP contribution >= 0.6 is 11.3 Å². The van der Waals surface area contributed by atoms with Crippen LogP contribution in [-0.2, 0) is 0 Å². The number of aryl methyl sites for hydroxylation is 3. The lowest BCUT2D eigenvalue weighted by Gasteiger charge is -2.05. The van der Waals surface area contributed by atoms with E-state index in [1.54, 1.807) is 17.4 Å². The van der Waals surface area contributed by atoms with Gasteiger partial charge in [0.1, 0.15) is 10.8 Å². The van der Waals surface area contributed by atoms with Gasteiger partial charge in [0, 0.05) is 16.8 Å². The monoisotopic (exact) mass is 438 g/mol. The van der Waals surface area contributed by atoms with E-state index in [0.29, 0.717) is 11.4 Å².